The van der Waals surface area contributed by atoms with Crippen molar-refractivity contribution < 1.29 is 4.79 Å². The molecular formula is C15H18O. The third-order valence-corrected chi connectivity index (χ3v) is 3.21. The molecule has 1 aromatic carbocycles. The van der Waals surface area contributed by atoms with Crippen LogP contribution in [0.1, 0.15) is 54.4 Å². The molecule has 1 heteroatoms. The first-order chi connectivity index (χ1) is 7.81. The summed E-state index contributed by atoms with van der Waals surface area (Å²) in [6, 6.07) is 8.11. The summed E-state index contributed by atoms with van der Waals surface area (Å²) >= 11 is 0. The van der Waals surface area contributed by atoms with Crippen LogP contribution in [0.15, 0.2) is 36.4 Å². The lowest BCUT2D eigenvalue weighted by molar-refractivity contribution is 0.0988. The van der Waals surface area contributed by atoms with Gasteiger partial charge in [-0.3, -0.25) is 4.79 Å². The molecule has 1 unspecified atom stereocenters. The minimum Gasteiger partial charge on any atom is -0.294 e. The number of Topliss-reactive ketones (excluding diaryl/α,β-unsaturated/α-hetero) is 1. The van der Waals surface area contributed by atoms with E-state index in [1.54, 1.807) is 0 Å². The molecule has 84 valence electrons. The van der Waals surface area contributed by atoms with Crippen molar-refractivity contribution in [2.75, 3.05) is 0 Å². The highest BCUT2D eigenvalue weighted by molar-refractivity contribution is 5.96. The second kappa shape index (κ2) is 5.11. The van der Waals surface area contributed by atoms with E-state index in [1.165, 1.54) is 24.8 Å². The van der Waals surface area contributed by atoms with Gasteiger partial charge in [-0.15, -0.1) is 0 Å². The van der Waals surface area contributed by atoms with Crippen LogP contribution in [0.2, 0.25) is 0 Å². The number of hydrogen-bond acceptors (Lipinski definition) is 1. The van der Waals surface area contributed by atoms with Crippen LogP contribution in [0.25, 0.3) is 0 Å². The van der Waals surface area contributed by atoms with E-state index in [-0.39, 0.29) is 5.78 Å². The fourth-order valence-corrected chi connectivity index (χ4v) is 2.24. The molecule has 0 aromatic heterocycles. The lowest BCUT2D eigenvalue weighted by atomic mass is 9.88. The van der Waals surface area contributed by atoms with E-state index in [2.05, 4.69) is 24.3 Å². The maximum absolute atomic E-state index is 11.6. The highest BCUT2D eigenvalue weighted by atomic mass is 16.1. The summed E-state index contributed by atoms with van der Waals surface area (Å²) in [6.07, 6.45) is 8.78. The topological polar surface area (TPSA) is 17.1 Å². The summed E-state index contributed by atoms with van der Waals surface area (Å²) < 4.78 is 0. The van der Waals surface area contributed by atoms with E-state index in [1.807, 2.05) is 19.1 Å². The Morgan fingerprint density at radius 2 is 2.31 bits per heavy atom. The Hall–Kier alpha value is -1.37. The smallest absolute Gasteiger partial charge is 0.162 e. The molecule has 1 aliphatic carbocycles. The second-order valence-corrected chi connectivity index (χ2v) is 4.37. The molecule has 0 amide bonds. The normalized spacial score (nSPS) is 19.7. The lowest BCUT2D eigenvalue weighted by Crippen LogP contribution is -2.02. The largest absolute Gasteiger partial charge is 0.294 e. The molecule has 0 heterocycles. The van der Waals surface area contributed by atoms with Crippen molar-refractivity contribution in [2.45, 2.75) is 38.5 Å². The second-order valence-electron chi connectivity index (χ2n) is 4.37. The molecule has 16 heavy (non-hydrogen) atoms. The maximum Gasteiger partial charge on any atom is 0.162 e. The van der Waals surface area contributed by atoms with E-state index < -0.39 is 0 Å². The number of allylic oxidation sites excluding steroid dienone is 2. The van der Waals surface area contributed by atoms with Crippen LogP contribution < -0.4 is 0 Å². The molecule has 0 spiro atoms. The van der Waals surface area contributed by atoms with Gasteiger partial charge in [0.05, 0.1) is 0 Å². The predicted octanol–water partition coefficient (Wildman–Crippen LogP) is 4.10. The molecule has 1 atom stereocenters. The van der Waals surface area contributed by atoms with Gasteiger partial charge in [0.25, 0.3) is 0 Å². The van der Waals surface area contributed by atoms with Crippen LogP contribution in [-0.4, -0.2) is 5.78 Å². The molecule has 0 N–H and O–H groups in total. The molecule has 0 bridgehead atoms. The Balaban J connectivity index is 2.24. The summed E-state index contributed by atoms with van der Waals surface area (Å²) in [5.74, 6) is 0.750. The van der Waals surface area contributed by atoms with Gasteiger partial charge in [-0.25, -0.2) is 0 Å². The first-order valence-electron chi connectivity index (χ1n) is 6.11. The zero-order valence-corrected chi connectivity index (χ0v) is 9.78. The molecule has 0 radical (unpaired) electrons. The van der Waals surface area contributed by atoms with Gasteiger partial charge in [0.1, 0.15) is 0 Å². The highest BCUT2D eigenvalue weighted by Crippen LogP contribution is 2.28. The number of carbonyl (C=O) groups excluding carboxylic acids is 1. The summed E-state index contributed by atoms with van der Waals surface area (Å²) in [5, 5.41) is 0. The summed E-state index contributed by atoms with van der Waals surface area (Å²) in [6.45, 7) is 1.91. The molecule has 1 aromatic rings. The summed E-state index contributed by atoms with van der Waals surface area (Å²) in [7, 11) is 0. The van der Waals surface area contributed by atoms with E-state index in [0.29, 0.717) is 12.3 Å². The Bertz CT molecular complexity index is 404. The fraction of sp³-hybridized carbons (Fsp3) is 0.400. The maximum atomic E-state index is 11.6. The van der Waals surface area contributed by atoms with Gasteiger partial charge < -0.3 is 0 Å². The first-order valence-corrected chi connectivity index (χ1v) is 6.11. The number of benzene rings is 1. The third-order valence-electron chi connectivity index (χ3n) is 3.21. The molecule has 0 saturated heterocycles. The Labute approximate surface area is 97.2 Å². The van der Waals surface area contributed by atoms with Crippen molar-refractivity contribution >= 4 is 5.78 Å². The van der Waals surface area contributed by atoms with Crippen LogP contribution >= 0.6 is 0 Å². The monoisotopic (exact) mass is 214 g/mol. The van der Waals surface area contributed by atoms with E-state index in [9.17, 15) is 4.79 Å². The number of ketones is 1. The van der Waals surface area contributed by atoms with Crippen LogP contribution in [0.5, 0.6) is 0 Å². The van der Waals surface area contributed by atoms with Gasteiger partial charge in [-0.1, -0.05) is 37.3 Å². The average molecular weight is 214 g/mol. The molecule has 1 nitrogen and oxygen atoms in total. The predicted molar refractivity (Wildman–Crippen MR) is 66.8 cm³/mol. The molecule has 2 rings (SSSR count). The highest BCUT2D eigenvalue weighted by Gasteiger charge is 2.12. The standard InChI is InChI=1S/C15H18O/c1-2-15(16)14-10-6-9-13(11-14)12-7-4-3-5-8-12/h4,6-7,9-12H,2-3,5,8H2,1H3. The van der Waals surface area contributed by atoms with Crippen molar-refractivity contribution in [2.24, 2.45) is 0 Å². The van der Waals surface area contributed by atoms with Crippen LogP contribution in [0.3, 0.4) is 0 Å². The van der Waals surface area contributed by atoms with Crippen molar-refractivity contribution in [3.05, 3.63) is 47.5 Å². The van der Waals surface area contributed by atoms with Crippen molar-refractivity contribution in [1.82, 2.24) is 0 Å². The van der Waals surface area contributed by atoms with E-state index in [4.69, 9.17) is 0 Å². The van der Waals surface area contributed by atoms with Gasteiger partial charge in [0, 0.05) is 17.9 Å². The lowest BCUT2D eigenvalue weighted by Gasteiger charge is -2.17. The molecule has 0 saturated carbocycles. The SMILES string of the molecule is CCC(=O)c1cccc(C2C=CCCC2)c1. The third kappa shape index (κ3) is 2.41. The Morgan fingerprint density at radius 1 is 1.44 bits per heavy atom. The Kier molecular flexibility index (Phi) is 3.55. The van der Waals surface area contributed by atoms with Crippen LogP contribution in [-0.2, 0) is 0 Å². The van der Waals surface area contributed by atoms with Crippen LogP contribution in [0, 0.1) is 0 Å². The minimum absolute atomic E-state index is 0.238. The van der Waals surface area contributed by atoms with Crippen molar-refractivity contribution in [1.29, 1.82) is 0 Å². The van der Waals surface area contributed by atoms with E-state index >= 15 is 0 Å². The molecule has 0 aliphatic heterocycles. The Morgan fingerprint density at radius 3 is 3.00 bits per heavy atom. The zero-order chi connectivity index (χ0) is 11.4. The van der Waals surface area contributed by atoms with Gasteiger partial charge in [0.2, 0.25) is 0 Å². The molecule has 1 aliphatic rings. The molecule has 0 fully saturated rings. The van der Waals surface area contributed by atoms with Gasteiger partial charge in [-0.05, 0) is 30.9 Å². The first kappa shape index (κ1) is 11.1. The molecular weight excluding hydrogens is 196 g/mol. The van der Waals surface area contributed by atoms with Crippen LogP contribution in [0.4, 0.5) is 0 Å². The zero-order valence-electron chi connectivity index (χ0n) is 9.78. The summed E-state index contributed by atoms with van der Waals surface area (Å²) in [5.41, 5.74) is 2.15. The van der Waals surface area contributed by atoms with Gasteiger partial charge in [-0.2, -0.15) is 0 Å². The average Bonchev–Trinajstić information content (AvgIpc) is 2.39. The fourth-order valence-electron chi connectivity index (χ4n) is 2.24. The summed E-state index contributed by atoms with van der Waals surface area (Å²) in [4.78, 5) is 11.6. The van der Waals surface area contributed by atoms with Crippen molar-refractivity contribution in [3.8, 4) is 0 Å². The quantitative estimate of drug-likeness (QED) is 0.547. The number of rotatable bonds is 3. The van der Waals surface area contributed by atoms with Gasteiger partial charge in [0.15, 0.2) is 5.78 Å². The minimum atomic E-state index is 0.238. The van der Waals surface area contributed by atoms with E-state index in [0.717, 1.165) is 5.56 Å². The number of carbonyl (C=O) groups is 1. The van der Waals surface area contributed by atoms with Gasteiger partial charge >= 0.3 is 0 Å². The number of hydrogen-bond donors (Lipinski definition) is 0. The van der Waals surface area contributed by atoms with Crippen molar-refractivity contribution in [3.63, 3.8) is 0 Å².